The van der Waals surface area contributed by atoms with Crippen LogP contribution in [0.1, 0.15) is 37.8 Å². The van der Waals surface area contributed by atoms with Crippen molar-refractivity contribution in [3.63, 3.8) is 0 Å². The van der Waals surface area contributed by atoms with Gasteiger partial charge in [0.05, 0.1) is 21.3 Å². The van der Waals surface area contributed by atoms with Gasteiger partial charge < -0.3 is 24.4 Å². The Bertz CT molecular complexity index is 882. The average molecular weight is 443 g/mol. The van der Waals surface area contributed by atoms with Crippen molar-refractivity contribution >= 4 is 11.8 Å². The van der Waals surface area contributed by atoms with Gasteiger partial charge in [-0.1, -0.05) is 25.1 Å². The first-order valence-corrected chi connectivity index (χ1v) is 10.9. The molecule has 2 aromatic carbocycles. The molecule has 7 heteroatoms. The van der Waals surface area contributed by atoms with E-state index in [1.165, 1.54) is 0 Å². The molecule has 0 saturated carbocycles. The molecular weight excluding hydrogens is 408 g/mol. The molecule has 1 N–H and O–H groups in total. The number of nitrogens with one attached hydrogen (secondary N) is 1. The Labute approximate surface area is 190 Å². The second-order valence-electron chi connectivity index (χ2n) is 7.38. The van der Waals surface area contributed by atoms with Gasteiger partial charge in [-0.2, -0.15) is 0 Å². The van der Waals surface area contributed by atoms with Gasteiger partial charge in [0.25, 0.3) is 0 Å². The highest BCUT2D eigenvalue weighted by molar-refractivity contribution is 5.87. The molecule has 0 aromatic heterocycles. The number of carbonyl (C=O) groups is 2. The van der Waals surface area contributed by atoms with Crippen molar-refractivity contribution < 1.29 is 23.8 Å². The number of hydrogen-bond acceptors (Lipinski definition) is 5. The number of hydrogen-bond donors (Lipinski definition) is 1. The lowest BCUT2D eigenvalue weighted by Crippen LogP contribution is -2.49. The van der Waals surface area contributed by atoms with Crippen LogP contribution in [0.5, 0.6) is 17.2 Å². The molecule has 2 aromatic rings. The molecule has 0 fully saturated rings. The average Bonchev–Trinajstić information content (AvgIpc) is 2.82. The van der Waals surface area contributed by atoms with Gasteiger partial charge in [0.2, 0.25) is 11.8 Å². The summed E-state index contributed by atoms with van der Waals surface area (Å²) in [6.45, 7) is 4.66. The van der Waals surface area contributed by atoms with E-state index in [1.54, 1.807) is 26.2 Å². The van der Waals surface area contributed by atoms with Gasteiger partial charge in [-0.05, 0) is 55.2 Å². The zero-order valence-corrected chi connectivity index (χ0v) is 19.6. The number of aryl methyl sites for hydroxylation is 1. The number of likely N-dealkylation sites (N-methyl/N-ethyl adjacent to an activating group) is 1. The standard InChI is InChI=1S/C25H34N2O5/c1-6-21(25(29)26-7-2)27(17-19-8-12-20(30-3)13-9-19)24(28)15-11-18-10-14-22(31-4)23(16-18)32-5/h8-10,12-14,16,21H,6-7,11,15,17H2,1-5H3,(H,26,29). The van der Waals surface area contributed by atoms with Gasteiger partial charge in [0.15, 0.2) is 11.5 Å². The van der Waals surface area contributed by atoms with Crippen molar-refractivity contribution in [2.24, 2.45) is 0 Å². The molecule has 2 rings (SSSR count). The highest BCUT2D eigenvalue weighted by atomic mass is 16.5. The monoisotopic (exact) mass is 442 g/mol. The van der Waals surface area contributed by atoms with Crippen LogP contribution < -0.4 is 19.5 Å². The third-order valence-electron chi connectivity index (χ3n) is 5.32. The molecule has 0 spiro atoms. The second kappa shape index (κ2) is 12.6. The molecule has 0 aliphatic heterocycles. The van der Waals surface area contributed by atoms with Crippen molar-refractivity contribution in [3.8, 4) is 17.2 Å². The molecule has 0 saturated heterocycles. The summed E-state index contributed by atoms with van der Waals surface area (Å²) in [5.41, 5.74) is 1.90. The van der Waals surface area contributed by atoms with E-state index in [1.807, 2.05) is 56.3 Å². The molecule has 174 valence electrons. The van der Waals surface area contributed by atoms with Crippen LogP contribution in [0.2, 0.25) is 0 Å². The predicted molar refractivity (Wildman–Crippen MR) is 124 cm³/mol. The molecule has 0 radical (unpaired) electrons. The van der Waals surface area contributed by atoms with Gasteiger partial charge in [0.1, 0.15) is 11.8 Å². The quantitative estimate of drug-likeness (QED) is 0.544. The van der Waals surface area contributed by atoms with Crippen LogP contribution in [0.15, 0.2) is 42.5 Å². The van der Waals surface area contributed by atoms with Crippen LogP contribution >= 0.6 is 0 Å². The maximum absolute atomic E-state index is 13.3. The van der Waals surface area contributed by atoms with E-state index in [4.69, 9.17) is 14.2 Å². The second-order valence-corrected chi connectivity index (χ2v) is 7.38. The summed E-state index contributed by atoms with van der Waals surface area (Å²) in [6.07, 6.45) is 1.34. The minimum atomic E-state index is -0.532. The fourth-order valence-electron chi connectivity index (χ4n) is 3.57. The fraction of sp³-hybridized carbons (Fsp3) is 0.440. The van der Waals surface area contributed by atoms with E-state index >= 15 is 0 Å². The van der Waals surface area contributed by atoms with E-state index in [0.717, 1.165) is 16.9 Å². The summed E-state index contributed by atoms with van der Waals surface area (Å²) in [7, 11) is 4.78. The molecule has 0 aliphatic rings. The Morgan fingerprint density at radius 3 is 2.12 bits per heavy atom. The Kier molecular flexibility index (Phi) is 9.85. The largest absolute Gasteiger partial charge is 0.497 e. The minimum Gasteiger partial charge on any atom is -0.497 e. The fourth-order valence-corrected chi connectivity index (χ4v) is 3.57. The lowest BCUT2D eigenvalue weighted by atomic mass is 10.1. The molecular formula is C25H34N2O5. The first-order chi connectivity index (χ1) is 15.5. The van der Waals surface area contributed by atoms with E-state index in [-0.39, 0.29) is 18.2 Å². The van der Waals surface area contributed by atoms with Crippen LogP contribution in [-0.2, 0) is 22.6 Å². The van der Waals surface area contributed by atoms with Crippen molar-refractivity contribution in [1.29, 1.82) is 0 Å². The Hall–Kier alpha value is -3.22. The normalized spacial score (nSPS) is 11.4. The summed E-state index contributed by atoms with van der Waals surface area (Å²) in [5, 5.41) is 2.85. The molecule has 0 bridgehead atoms. The number of methoxy groups -OCH3 is 3. The number of rotatable bonds is 12. The van der Waals surface area contributed by atoms with E-state index in [9.17, 15) is 9.59 Å². The maximum atomic E-state index is 13.3. The lowest BCUT2D eigenvalue weighted by molar-refractivity contribution is -0.141. The maximum Gasteiger partial charge on any atom is 0.242 e. The molecule has 1 unspecified atom stereocenters. The summed E-state index contributed by atoms with van der Waals surface area (Å²) < 4.78 is 15.9. The highest BCUT2D eigenvalue weighted by Crippen LogP contribution is 2.28. The van der Waals surface area contributed by atoms with Crippen LogP contribution in [0.3, 0.4) is 0 Å². The van der Waals surface area contributed by atoms with Gasteiger partial charge in [-0.3, -0.25) is 9.59 Å². The first kappa shape index (κ1) is 25.0. The summed E-state index contributed by atoms with van der Waals surface area (Å²) in [6, 6.07) is 12.6. The molecule has 0 heterocycles. The van der Waals surface area contributed by atoms with Crippen molar-refractivity contribution in [2.45, 2.75) is 45.7 Å². The molecule has 32 heavy (non-hydrogen) atoms. The van der Waals surface area contributed by atoms with Gasteiger partial charge in [0, 0.05) is 19.5 Å². The van der Waals surface area contributed by atoms with E-state index in [2.05, 4.69) is 5.32 Å². The topological polar surface area (TPSA) is 77.1 Å². The zero-order chi connectivity index (χ0) is 23.5. The van der Waals surface area contributed by atoms with Crippen LogP contribution in [0, 0.1) is 0 Å². The van der Waals surface area contributed by atoms with Gasteiger partial charge in [-0.15, -0.1) is 0 Å². The van der Waals surface area contributed by atoms with Gasteiger partial charge >= 0.3 is 0 Å². The van der Waals surface area contributed by atoms with E-state index < -0.39 is 6.04 Å². The lowest BCUT2D eigenvalue weighted by Gasteiger charge is -2.30. The molecule has 2 amide bonds. The van der Waals surface area contributed by atoms with E-state index in [0.29, 0.717) is 37.4 Å². The third kappa shape index (κ3) is 6.64. The number of benzene rings is 2. The molecule has 1 atom stereocenters. The van der Waals surface area contributed by atoms with Crippen molar-refractivity contribution in [2.75, 3.05) is 27.9 Å². The number of amides is 2. The summed E-state index contributed by atoms with van der Waals surface area (Å²) in [4.78, 5) is 27.7. The van der Waals surface area contributed by atoms with Crippen molar-refractivity contribution in [3.05, 3.63) is 53.6 Å². The SMILES string of the molecule is CCNC(=O)C(CC)N(Cc1ccc(OC)cc1)C(=O)CCc1ccc(OC)c(OC)c1. The number of carbonyl (C=O) groups excluding carboxylic acids is 2. The van der Waals surface area contributed by atoms with Crippen LogP contribution in [0.25, 0.3) is 0 Å². The number of nitrogens with zero attached hydrogens (tertiary/aromatic N) is 1. The molecule has 0 aliphatic carbocycles. The summed E-state index contributed by atoms with van der Waals surface area (Å²) >= 11 is 0. The number of ether oxygens (including phenoxy) is 3. The molecule has 7 nitrogen and oxygen atoms in total. The minimum absolute atomic E-state index is 0.0753. The van der Waals surface area contributed by atoms with Crippen LogP contribution in [0.4, 0.5) is 0 Å². The van der Waals surface area contributed by atoms with Crippen molar-refractivity contribution in [1.82, 2.24) is 10.2 Å². The first-order valence-electron chi connectivity index (χ1n) is 10.9. The Morgan fingerprint density at radius 2 is 1.56 bits per heavy atom. The summed E-state index contributed by atoms with van der Waals surface area (Å²) in [5.74, 6) is 1.81. The highest BCUT2D eigenvalue weighted by Gasteiger charge is 2.28. The third-order valence-corrected chi connectivity index (χ3v) is 5.32. The Morgan fingerprint density at radius 1 is 0.906 bits per heavy atom. The predicted octanol–water partition coefficient (Wildman–Crippen LogP) is 3.59. The Balaban J connectivity index is 2.20. The van der Waals surface area contributed by atoms with Gasteiger partial charge in [-0.25, -0.2) is 0 Å². The van der Waals surface area contributed by atoms with Crippen LogP contribution in [-0.4, -0.2) is 50.6 Å². The zero-order valence-electron chi connectivity index (χ0n) is 19.6. The smallest absolute Gasteiger partial charge is 0.242 e.